The summed E-state index contributed by atoms with van der Waals surface area (Å²) in [5.41, 5.74) is 7.01. The molecule has 22 heavy (non-hydrogen) atoms. The monoisotopic (exact) mass is 409 g/mol. The van der Waals surface area contributed by atoms with Gasteiger partial charge in [-0.1, -0.05) is 6.07 Å². The lowest BCUT2D eigenvalue weighted by Crippen LogP contribution is -2.47. The van der Waals surface area contributed by atoms with Crippen LogP contribution in [0.15, 0.2) is 41.7 Å². The quantitative estimate of drug-likeness (QED) is 0.770. The predicted octanol–water partition coefficient (Wildman–Crippen LogP) is 1.87. The highest BCUT2D eigenvalue weighted by Gasteiger charge is 2.37. The van der Waals surface area contributed by atoms with Gasteiger partial charge in [0.1, 0.15) is 0 Å². The Morgan fingerprint density at radius 1 is 1.41 bits per heavy atom. The van der Waals surface area contributed by atoms with Crippen LogP contribution in [0.25, 0.3) is 5.69 Å². The van der Waals surface area contributed by atoms with Crippen molar-refractivity contribution < 1.29 is 4.79 Å². The third-order valence-electron chi connectivity index (χ3n) is 3.85. The topological polar surface area (TPSA) is 76.5 Å². The number of amides is 1. The van der Waals surface area contributed by atoms with Gasteiger partial charge in [-0.25, -0.2) is 9.67 Å². The van der Waals surface area contributed by atoms with Gasteiger partial charge in [0.25, 0.3) is 0 Å². The number of hydrogen-bond acceptors (Lipinski definition) is 4. The lowest BCUT2D eigenvalue weighted by molar-refractivity contribution is -0.128. The maximum absolute atomic E-state index is 12.1. The number of nitrogens with two attached hydrogens (primary N) is 1. The molecule has 0 bridgehead atoms. The fraction of sp³-hybridized carbons (Fsp3) is 0.267. The molecule has 0 spiro atoms. The molecule has 0 saturated carbocycles. The molecule has 1 atom stereocenters. The summed E-state index contributed by atoms with van der Waals surface area (Å²) in [6.45, 7) is 1.90. The Bertz CT molecular complexity index is 769. The molecule has 1 amide bonds. The van der Waals surface area contributed by atoms with Gasteiger partial charge in [-0.05, 0) is 47.7 Å². The van der Waals surface area contributed by atoms with Gasteiger partial charge in [-0.3, -0.25) is 9.69 Å². The number of aromatic nitrogens is 2. The van der Waals surface area contributed by atoms with E-state index >= 15 is 0 Å². The number of carbonyl (C=O) groups excluding carboxylic acids is 1. The second kappa shape index (κ2) is 5.38. The summed E-state index contributed by atoms with van der Waals surface area (Å²) in [4.78, 5) is 17.9. The van der Waals surface area contributed by atoms with Crippen LogP contribution < -0.4 is 5.73 Å². The fourth-order valence-corrected chi connectivity index (χ4v) is 2.96. The van der Waals surface area contributed by atoms with Gasteiger partial charge in [0.15, 0.2) is 5.96 Å². The van der Waals surface area contributed by atoms with Crippen LogP contribution in [-0.2, 0) is 10.3 Å². The number of hydrogen-bond donors (Lipinski definition) is 1. The number of nitrogens with zero attached hydrogens (tertiary/aromatic N) is 4. The molecule has 1 unspecified atom stereocenters. The Balaban J connectivity index is 1.99. The molecule has 3 rings (SSSR count). The molecule has 2 N–H and O–H groups in total. The molecule has 2 aromatic rings. The first-order valence-corrected chi connectivity index (χ1v) is 7.90. The van der Waals surface area contributed by atoms with E-state index in [1.54, 1.807) is 17.9 Å². The summed E-state index contributed by atoms with van der Waals surface area (Å²) < 4.78 is 2.92. The number of carbonyl (C=O) groups is 1. The Labute approximate surface area is 142 Å². The minimum absolute atomic E-state index is 0.0444. The van der Waals surface area contributed by atoms with E-state index in [4.69, 9.17) is 5.73 Å². The van der Waals surface area contributed by atoms with Gasteiger partial charge < -0.3 is 5.73 Å². The summed E-state index contributed by atoms with van der Waals surface area (Å²) in [7, 11) is 1.63. The molecule has 0 fully saturated rings. The number of rotatable bonds is 2. The summed E-state index contributed by atoms with van der Waals surface area (Å²) in [5, 5.41) is 4.40. The van der Waals surface area contributed by atoms with Crippen LogP contribution in [-0.4, -0.2) is 33.6 Å². The third-order valence-corrected chi connectivity index (χ3v) is 4.52. The fourth-order valence-electron chi connectivity index (χ4n) is 2.44. The lowest BCUT2D eigenvalue weighted by Gasteiger charge is -2.32. The van der Waals surface area contributed by atoms with Gasteiger partial charge in [-0.15, -0.1) is 0 Å². The van der Waals surface area contributed by atoms with Crippen molar-refractivity contribution in [3.05, 3.63) is 45.8 Å². The van der Waals surface area contributed by atoms with E-state index in [9.17, 15) is 4.79 Å². The zero-order valence-corrected chi connectivity index (χ0v) is 14.5. The number of halogens is 1. The molecule has 7 heteroatoms. The Morgan fingerprint density at radius 2 is 2.18 bits per heavy atom. The average molecular weight is 409 g/mol. The van der Waals surface area contributed by atoms with Gasteiger partial charge in [0, 0.05) is 22.4 Å². The summed E-state index contributed by atoms with van der Waals surface area (Å²) in [6.07, 6.45) is 3.93. The minimum Gasteiger partial charge on any atom is -0.369 e. The van der Waals surface area contributed by atoms with Crippen LogP contribution in [0.3, 0.4) is 0 Å². The molecule has 2 heterocycles. The first kappa shape index (κ1) is 15.0. The van der Waals surface area contributed by atoms with E-state index in [-0.39, 0.29) is 18.3 Å². The lowest BCUT2D eigenvalue weighted by atomic mass is 9.90. The summed E-state index contributed by atoms with van der Waals surface area (Å²) in [6, 6.07) is 8.03. The molecule has 1 aliphatic heterocycles. The normalized spacial score (nSPS) is 21.9. The van der Waals surface area contributed by atoms with E-state index < -0.39 is 5.54 Å². The van der Waals surface area contributed by atoms with Crippen LogP contribution in [0.1, 0.15) is 18.9 Å². The van der Waals surface area contributed by atoms with Gasteiger partial charge in [0.2, 0.25) is 5.91 Å². The van der Waals surface area contributed by atoms with Crippen LogP contribution >= 0.6 is 22.6 Å². The number of benzene rings is 1. The van der Waals surface area contributed by atoms with Crippen molar-refractivity contribution >= 4 is 34.5 Å². The highest BCUT2D eigenvalue weighted by molar-refractivity contribution is 14.1. The molecule has 0 saturated heterocycles. The average Bonchev–Trinajstić information content (AvgIpc) is 2.95. The molecule has 1 aromatic carbocycles. The van der Waals surface area contributed by atoms with Gasteiger partial charge >= 0.3 is 0 Å². The molecule has 1 aromatic heterocycles. The molecule has 6 nitrogen and oxygen atoms in total. The molecular formula is C15H16IN5O. The zero-order valence-electron chi connectivity index (χ0n) is 12.3. The highest BCUT2D eigenvalue weighted by atomic mass is 127. The molecular weight excluding hydrogens is 393 g/mol. The molecule has 1 aliphatic rings. The second-order valence-electron chi connectivity index (χ2n) is 5.53. The smallest absolute Gasteiger partial charge is 0.231 e. The van der Waals surface area contributed by atoms with Crippen LogP contribution in [0.2, 0.25) is 0 Å². The number of guanidine groups is 1. The zero-order chi connectivity index (χ0) is 15.9. The van der Waals surface area contributed by atoms with E-state index in [1.807, 2.05) is 37.4 Å². The van der Waals surface area contributed by atoms with Crippen LogP contribution in [0, 0.1) is 3.57 Å². The van der Waals surface area contributed by atoms with Crippen molar-refractivity contribution in [1.29, 1.82) is 0 Å². The van der Waals surface area contributed by atoms with Crippen molar-refractivity contribution in [2.75, 3.05) is 7.05 Å². The molecule has 0 radical (unpaired) electrons. The predicted molar refractivity (Wildman–Crippen MR) is 92.6 cm³/mol. The van der Waals surface area contributed by atoms with Crippen molar-refractivity contribution in [3.63, 3.8) is 0 Å². The van der Waals surface area contributed by atoms with Crippen LogP contribution in [0.5, 0.6) is 0 Å². The van der Waals surface area contributed by atoms with Crippen molar-refractivity contribution in [1.82, 2.24) is 14.7 Å². The van der Waals surface area contributed by atoms with Crippen LogP contribution in [0.4, 0.5) is 0 Å². The Hall–Kier alpha value is -1.90. The van der Waals surface area contributed by atoms with Crippen molar-refractivity contribution in [3.8, 4) is 5.69 Å². The largest absolute Gasteiger partial charge is 0.369 e. The minimum atomic E-state index is -0.673. The van der Waals surface area contributed by atoms with E-state index in [2.05, 4.69) is 32.7 Å². The SMILES string of the molecule is CN1C(=O)CC(C)(c2cnn(-c3cccc(I)c3)c2)N=C1N. The van der Waals surface area contributed by atoms with E-state index in [1.165, 1.54) is 4.90 Å². The third kappa shape index (κ3) is 2.60. The Kier molecular flexibility index (Phi) is 3.67. The summed E-state index contributed by atoms with van der Waals surface area (Å²) >= 11 is 2.26. The molecule has 0 aliphatic carbocycles. The maximum atomic E-state index is 12.1. The van der Waals surface area contributed by atoms with Crippen molar-refractivity contribution in [2.45, 2.75) is 18.9 Å². The summed E-state index contributed by atoms with van der Waals surface area (Å²) in [5.74, 6) is 0.192. The maximum Gasteiger partial charge on any atom is 0.231 e. The molecule has 114 valence electrons. The standard InChI is InChI=1S/C15H16IN5O/c1-15(7-13(22)20(2)14(17)19-15)10-8-18-21(9-10)12-5-3-4-11(16)6-12/h3-6,8-9H,7H2,1-2H3,(H2,17,19). The Morgan fingerprint density at radius 3 is 2.86 bits per heavy atom. The number of aliphatic imine (C=N–C) groups is 1. The first-order chi connectivity index (χ1) is 10.4. The van der Waals surface area contributed by atoms with Gasteiger partial charge in [0.05, 0.1) is 23.8 Å². The van der Waals surface area contributed by atoms with Gasteiger partial charge in [-0.2, -0.15) is 5.10 Å². The van der Waals surface area contributed by atoms with Crippen molar-refractivity contribution in [2.24, 2.45) is 10.7 Å². The second-order valence-corrected chi connectivity index (χ2v) is 6.77. The highest BCUT2D eigenvalue weighted by Crippen LogP contribution is 2.32. The van der Waals surface area contributed by atoms with E-state index in [0.717, 1.165) is 14.8 Å². The first-order valence-electron chi connectivity index (χ1n) is 6.82. The van der Waals surface area contributed by atoms with E-state index in [0.29, 0.717) is 0 Å².